The Bertz CT molecular complexity index is 637. The molecule has 0 amide bonds. The predicted octanol–water partition coefficient (Wildman–Crippen LogP) is 3.16. The molecule has 19 heavy (non-hydrogen) atoms. The third kappa shape index (κ3) is 2.40. The Hall–Kier alpha value is -1.70. The minimum Gasteiger partial charge on any atom is -0.478 e. The average Bonchev–Trinajstić information content (AvgIpc) is 2.71. The van der Waals surface area contributed by atoms with Crippen molar-refractivity contribution in [2.45, 2.75) is 18.1 Å². The number of imidazole rings is 1. The Morgan fingerprint density at radius 2 is 2.16 bits per heavy atom. The van der Waals surface area contributed by atoms with Gasteiger partial charge in [0.05, 0.1) is 11.2 Å². The summed E-state index contributed by atoms with van der Waals surface area (Å²) in [6.45, 7) is 1.79. The largest absolute Gasteiger partial charge is 0.478 e. The summed E-state index contributed by atoms with van der Waals surface area (Å²) in [5.41, 5.74) is -1.38. The molecule has 0 bridgehead atoms. The first-order valence-corrected chi connectivity index (χ1v) is 6.28. The molecule has 0 radical (unpaired) electrons. The summed E-state index contributed by atoms with van der Waals surface area (Å²) >= 11 is 1.17. The summed E-state index contributed by atoms with van der Waals surface area (Å²) in [7, 11) is 0. The van der Waals surface area contributed by atoms with Crippen molar-refractivity contribution in [1.29, 1.82) is 0 Å². The number of carboxylic acids is 1. The van der Waals surface area contributed by atoms with Gasteiger partial charge >= 0.3 is 12.1 Å². The van der Waals surface area contributed by atoms with E-state index in [1.54, 1.807) is 6.92 Å². The van der Waals surface area contributed by atoms with Crippen LogP contribution in [-0.4, -0.2) is 26.2 Å². The normalized spacial score (nSPS) is 12.0. The van der Waals surface area contributed by atoms with Crippen LogP contribution in [0.1, 0.15) is 23.0 Å². The van der Waals surface area contributed by atoms with Gasteiger partial charge in [-0.1, -0.05) is 6.92 Å². The van der Waals surface area contributed by atoms with Gasteiger partial charge in [-0.05, 0) is 17.9 Å². The molecule has 0 spiro atoms. The van der Waals surface area contributed by atoms with E-state index in [9.17, 15) is 18.0 Å². The van der Waals surface area contributed by atoms with Crippen molar-refractivity contribution in [3.05, 3.63) is 29.6 Å². The van der Waals surface area contributed by atoms with Crippen molar-refractivity contribution in [1.82, 2.24) is 9.38 Å². The van der Waals surface area contributed by atoms with E-state index in [1.165, 1.54) is 18.0 Å². The van der Waals surface area contributed by atoms with Gasteiger partial charge in [-0.15, -0.1) is 11.8 Å². The van der Waals surface area contributed by atoms with Gasteiger partial charge in [0.25, 0.3) is 0 Å². The number of carboxylic acid groups (broad SMARTS) is 1. The molecule has 0 saturated carbocycles. The Kier molecular flexibility index (Phi) is 3.44. The number of aromatic carboxylic acids is 1. The van der Waals surface area contributed by atoms with E-state index < -0.39 is 17.8 Å². The second-order valence-corrected chi connectivity index (χ2v) is 4.91. The van der Waals surface area contributed by atoms with Crippen LogP contribution in [0.4, 0.5) is 13.2 Å². The lowest BCUT2D eigenvalue weighted by atomic mass is 10.2. The molecular formula is C11H9F3N2O2S. The van der Waals surface area contributed by atoms with Crippen LogP contribution in [-0.2, 0) is 6.18 Å². The molecule has 0 fully saturated rings. The Morgan fingerprint density at radius 3 is 2.68 bits per heavy atom. The van der Waals surface area contributed by atoms with Gasteiger partial charge < -0.3 is 5.11 Å². The van der Waals surface area contributed by atoms with Gasteiger partial charge in [-0.3, -0.25) is 4.40 Å². The molecule has 0 aliphatic rings. The lowest BCUT2D eigenvalue weighted by Crippen LogP contribution is -2.14. The number of thioether (sulfide) groups is 1. The van der Waals surface area contributed by atoms with Crippen molar-refractivity contribution >= 4 is 23.4 Å². The Labute approximate surface area is 110 Å². The van der Waals surface area contributed by atoms with Gasteiger partial charge in [-0.25, -0.2) is 9.78 Å². The third-order valence-electron chi connectivity index (χ3n) is 2.43. The van der Waals surface area contributed by atoms with Crippen LogP contribution in [0.25, 0.3) is 5.65 Å². The van der Waals surface area contributed by atoms with Gasteiger partial charge in [0, 0.05) is 0 Å². The van der Waals surface area contributed by atoms with Crippen molar-refractivity contribution in [3.8, 4) is 0 Å². The number of hydrogen-bond donors (Lipinski definition) is 1. The highest BCUT2D eigenvalue weighted by atomic mass is 32.2. The number of carbonyl (C=O) groups is 1. The average molecular weight is 290 g/mol. The molecule has 0 aliphatic heterocycles. The SMILES string of the molecule is CCSc1cnc2c(C(=O)O)ccc(C(F)(F)F)n12. The monoisotopic (exact) mass is 290 g/mol. The maximum atomic E-state index is 12.9. The molecule has 4 nitrogen and oxygen atoms in total. The van der Waals surface area contributed by atoms with Crippen molar-refractivity contribution < 1.29 is 23.1 Å². The zero-order valence-electron chi connectivity index (χ0n) is 9.73. The summed E-state index contributed by atoms with van der Waals surface area (Å²) in [5.74, 6) is -0.750. The minimum absolute atomic E-state index is 0.196. The fourth-order valence-corrected chi connectivity index (χ4v) is 2.45. The molecule has 0 atom stereocenters. The molecule has 0 aromatic carbocycles. The standard InChI is InChI=1S/C11H9F3N2O2S/c1-2-19-8-5-15-9-6(10(17)18)3-4-7(16(8)9)11(12,13)14/h3-5H,2H2,1H3,(H,17,18). The van der Waals surface area contributed by atoms with Crippen LogP contribution >= 0.6 is 11.8 Å². The number of fused-ring (bicyclic) bond motifs is 1. The molecule has 0 aliphatic carbocycles. The summed E-state index contributed by atoms with van der Waals surface area (Å²) in [5, 5.41) is 9.25. The van der Waals surface area contributed by atoms with Crippen LogP contribution in [0.3, 0.4) is 0 Å². The molecule has 2 heterocycles. The summed E-state index contributed by atoms with van der Waals surface area (Å²) < 4.78 is 39.7. The van der Waals surface area contributed by atoms with Gasteiger partial charge in [-0.2, -0.15) is 13.2 Å². The lowest BCUT2D eigenvalue weighted by Gasteiger charge is -2.12. The van der Waals surface area contributed by atoms with E-state index in [1.807, 2.05) is 0 Å². The van der Waals surface area contributed by atoms with Crippen molar-refractivity contribution in [3.63, 3.8) is 0 Å². The predicted molar refractivity (Wildman–Crippen MR) is 63.6 cm³/mol. The Balaban J connectivity index is 2.81. The van der Waals surface area contributed by atoms with Gasteiger partial charge in [0.1, 0.15) is 11.3 Å². The smallest absolute Gasteiger partial charge is 0.431 e. The van der Waals surface area contributed by atoms with E-state index in [0.717, 1.165) is 16.5 Å². The van der Waals surface area contributed by atoms with Crippen molar-refractivity contribution in [2.75, 3.05) is 5.75 Å². The molecular weight excluding hydrogens is 281 g/mol. The maximum absolute atomic E-state index is 12.9. The molecule has 8 heteroatoms. The molecule has 2 aromatic heterocycles. The summed E-state index contributed by atoms with van der Waals surface area (Å²) in [4.78, 5) is 14.8. The number of aromatic nitrogens is 2. The van der Waals surface area contributed by atoms with Crippen LogP contribution in [0.15, 0.2) is 23.4 Å². The first kappa shape index (κ1) is 13.7. The first-order valence-electron chi connectivity index (χ1n) is 5.30. The number of pyridine rings is 1. The van der Waals surface area contributed by atoms with Crippen LogP contribution in [0.5, 0.6) is 0 Å². The quantitative estimate of drug-likeness (QED) is 0.882. The Morgan fingerprint density at radius 1 is 1.47 bits per heavy atom. The molecule has 0 unspecified atom stereocenters. The van der Waals surface area contributed by atoms with Crippen molar-refractivity contribution in [2.24, 2.45) is 0 Å². The second kappa shape index (κ2) is 4.76. The molecule has 1 N–H and O–H groups in total. The highest BCUT2D eigenvalue weighted by Gasteiger charge is 2.35. The zero-order valence-corrected chi connectivity index (χ0v) is 10.5. The van der Waals surface area contributed by atoms with Gasteiger partial charge in [0.15, 0.2) is 5.65 Å². The van der Waals surface area contributed by atoms with Crippen LogP contribution < -0.4 is 0 Å². The van der Waals surface area contributed by atoms with E-state index in [-0.39, 0.29) is 16.2 Å². The summed E-state index contributed by atoms with van der Waals surface area (Å²) in [6, 6.07) is 1.69. The van der Waals surface area contributed by atoms with E-state index in [0.29, 0.717) is 5.75 Å². The van der Waals surface area contributed by atoms with Crippen LogP contribution in [0.2, 0.25) is 0 Å². The fourth-order valence-electron chi connectivity index (χ4n) is 1.71. The van der Waals surface area contributed by atoms with E-state index >= 15 is 0 Å². The zero-order chi connectivity index (χ0) is 14.2. The highest BCUT2D eigenvalue weighted by molar-refractivity contribution is 7.99. The number of hydrogen-bond acceptors (Lipinski definition) is 3. The van der Waals surface area contributed by atoms with Gasteiger partial charge in [0.2, 0.25) is 0 Å². The molecule has 2 rings (SSSR count). The minimum atomic E-state index is -4.57. The highest BCUT2D eigenvalue weighted by Crippen LogP contribution is 2.33. The number of rotatable bonds is 3. The van der Waals surface area contributed by atoms with Crippen LogP contribution in [0, 0.1) is 0 Å². The van der Waals surface area contributed by atoms with E-state index in [4.69, 9.17) is 5.11 Å². The maximum Gasteiger partial charge on any atom is 0.431 e. The molecule has 0 saturated heterocycles. The number of alkyl halides is 3. The second-order valence-electron chi connectivity index (χ2n) is 3.62. The lowest BCUT2D eigenvalue weighted by molar-refractivity contribution is -0.142. The first-order chi connectivity index (χ1) is 8.86. The third-order valence-corrected chi connectivity index (χ3v) is 3.30. The number of halogens is 3. The molecule has 102 valence electrons. The molecule has 2 aromatic rings. The number of nitrogens with zero attached hydrogens (tertiary/aromatic N) is 2. The fraction of sp³-hybridized carbons (Fsp3) is 0.273. The topological polar surface area (TPSA) is 54.6 Å². The van der Waals surface area contributed by atoms with E-state index in [2.05, 4.69) is 4.98 Å². The summed E-state index contributed by atoms with van der Waals surface area (Å²) in [6.07, 6.45) is -3.32.